The van der Waals surface area contributed by atoms with E-state index in [0.29, 0.717) is 11.3 Å². The van der Waals surface area contributed by atoms with Gasteiger partial charge in [-0.2, -0.15) is 4.72 Å². The first-order valence-corrected chi connectivity index (χ1v) is 10.7. The lowest BCUT2D eigenvalue weighted by Gasteiger charge is -2.20. The van der Waals surface area contributed by atoms with Gasteiger partial charge in [0.05, 0.1) is 7.11 Å². The Hall–Kier alpha value is -3.30. The molecule has 0 saturated heterocycles. The highest BCUT2D eigenvalue weighted by Crippen LogP contribution is 2.25. The summed E-state index contributed by atoms with van der Waals surface area (Å²) in [5, 5.41) is 2.57. The number of nitrogens with one attached hydrogen (secondary N) is 2. The van der Waals surface area contributed by atoms with Crippen molar-refractivity contribution in [3.05, 3.63) is 90.0 Å². The van der Waals surface area contributed by atoms with Crippen LogP contribution in [0.4, 0.5) is 14.5 Å². The number of halogens is 2. The summed E-state index contributed by atoms with van der Waals surface area (Å²) in [6.07, 6.45) is 0.0325. The number of carbonyl (C=O) groups excluding carboxylic acids is 1. The fraction of sp³-hybridized carbons (Fsp3) is 0.136. The van der Waals surface area contributed by atoms with Gasteiger partial charge >= 0.3 is 0 Å². The largest absolute Gasteiger partial charge is 0.495 e. The van der Waals surface area contributed by atoms with Crippen LogP contribution in [-0.4, -0.2) is 27.5 Å². The highest BCUT2D eigenvalue weighted by Gasteiger charge is 2.28. The van der Waals surface area contributed by atoms with E-state index in [1.54, 1.807) is 30.3 Å². The van der Waals surface area contributed by atoms with E-state index in [-0.39, 0.29) is 12.2 Å². The minimum atomic E-state index is -4.32. The second-order valence-electron chi connectivity index (χ2n) is 6.65. The van der Waals surface area contributed by atoms with Crippen molar-refractivity contribution in [3.8, 4) is 5.75 Å². The second-order valence-corrected chi connectivity index (χ2v) is 8.34. The third-order valence-electron chi connectivity index (χ3n) is 4.42. The molecule has 1 unspecified atom stereocenters. The van der Waals surface area contributed by atoms with Crippen molar-refractivity contribution in [2.45, 2.75) is 17.4 Å². The average molecular weight is 446 g/mol. The topological polar surface area (TPSA) is 84.5 Å². The number of rotatable bonds is 8. The summed E-state index contributed by atoms with van der Waals surface area (Å²) in [5.74, 6) is -1.96. The van der Waals surface area contributed by atoms with Crippen LogP contribution >= 0.6 is 0 Å². The van der Waals surface area contributed by atoms with Crippen LogP contribution in [0.25, 0.3) is 0 Å². The standard InChI is InChI=1S/C22H20F2N2O4S/c1-30-20-12-9-17(24)14-21(20)31(28,29)26-19(13-15-5-3-2-4-6-15)22(27)25-18-10-7-16(23)8-11-18/h2-12,14,19,26H,13H2,1H3,(H,25,27). The van der Waals surface area contributed by atoms with Gasteiger partial charge in [-0.05, 0) is 54.4 Å². The predicted octanol–water partition coefficient (Wildman–Crippen LogP) is 3.50. The molecule has 3 rings (SSSR count). The van der Waals surface area contributed by atoms with Crippen LogP contribution in [-0.2, 0) is 21.2 Å². The van der Waals surface area contributed by atoms with Crippen molar-refractivity contribution in [2.24, 2.45) is 0 Å². The highest BCUT2D eigenvalue weighted by atomic mass is 32.2. The summed E-state index contributed by atoms with van der Waals surface area (Å²) in [6, 6.07) is 15.7. The van der Waals surface area contributed by atoms with Crippen molar-refractivity contribution in [1.82, 2.24) is 4.72 Å². The Bertz CT molecular complexity index is 1150. The zero-order valence-corrected chi connectivity index (χ0v) is 17.3. The maximum absolute atomic E-state index is 13.7. The summed E-state index contributed by atoms with van der Waals surface area (Å²) in [4.78, 5) is 12.5. The molecule has 0 spiro atoms. The minimum Gasteiger partial charge on any atom is -0.495 e. The fourth-order valence-electron chi connectivity index (χ4n) is 2.91. The van der Waals surface area contributed by atoms with E-state index in [2.05, 4.69) is 10.0 Å². The van der Waals surface area contributed by atoms with Crippen molar-refractivity contribution in [1.29, 1.82) is 0 Å². The van der Waals surface area contributed by atoms with Gasteiger partial charge in [0.1, 0.15) is 28.3 Å². The number of hydrogen-bond donors (Lipinski definition) is 2. The first-order valence-electron chi connectivity index (χ1n) is 9.25. The van der Waals surface area contributed by atoms with Gasteiger partial charge in [0.15, 0.2) is 0 Å². The minimum absolute atomic E-state index is 0.0325. The van der Waals surface area contributed by atoms with Gasteiger partial charge in [-0.3, -0.25) is 4.79 Å². The first kappa shape index (κ1) is 22.4. The molecule has 2 N–H and O–H groups in total. The van der Waals surface area contributed by atoms with E-state index >= 15 is 0 Å². The van der Waals surface area contributed by atoms with Crippen molar-refractivity contribution in [3.63, 3.8) is 0 Å². The molecule has 1 amide bonds. The maximum Gasteiger partial charge on any atom is 0.245 e. The number of hydrogen-bond acceptors (Lipinski definition) is 4. The highest BCUT2D eigenvalue weighted by molar-refractivity contribution is 7.89. The van der Waals surface area contributed by atoms with Crippen LogP contribution in [0.2, 0.25) is 0 Å². The Morgan fingerprint density at radius 3 is 2.26 bits per heavy atom. The number of sulfonamides is 1. The number of methoxy groups -OCH3 is 1. The summed E-state index contributed by atoms with van der Waals surface area (Å²) in [5.41, 5.74) is 1.00. The number of benzene rings is 3. The smallest absolute Gasteiger partial charge is 0.245 e. The normalized spacial score (nSPS) is 12.2. The van der Waals surface area contributed by atoms with E-state index in [0.717, 1.165) is 12.1 Å². The van der Waals surface area contributed by atoms with Gasteiger partial charge in [-0.25, -0.2) is 17.2 Å². The van der Waals surface area contributed by atoms with Crippen molar-refractivity contribution < 1.29 is 26.7 Å². The van der Waals surface area contributed by atoms with Gasteiger partial charge in [0.25, 0.3) is 0 Å². The van der Waals surface area contributed by atoms with Crippen LogP contribution in [0.1, 0.15) is 5.56 Å². The molecule has 0 saturated carbocycles. The molecule has 1 atom stereocenters. The molecule has 31 heavy (non-hydrogen) atoms. The van der Waals surface area contributed by atoms with E-state index in [1.165, 1.54) is 37.4 Å². The van der Waals surface area contributed by atoms with Crippen LogP contribution in [0.5, 0.6) is 5.75 Å². The van der Waals surface area contributed by atoms with Gasteiger partial charge in [0, 0.05) is 5.69 Å². The molecule has 9 heteroatoms. The SMILES string of the molecule is COc1ccc(F)cc1S(=O)(=O)NC(Cc1ccccc1)C(=O)Nc1ccc(F)cc1. The number of carbonyl (C=O) groups is 1. The molecule has 3 aromatic rings. The van der Waals surface area contributed by atoms with Gasteiger partial charge < -0.3 is 10.1 Å². The Labute approximate surface area is 178 Å². The zero-order valence-electron chi connectivity index (χ0n) is 16.5. The maximum atomic E-state index is 13.7. The number of anilines is 1. The molecule has 3 aromatic carbocycles. The average Bonchev–Trinajstić information content (AvgIpc) is 2.75. The van der Waals surface area contributed by atoms with E-state index in [9.17, 15) is 22.0 Å². The van der Waals surface area contributed by atoms with E-state index in [1.807, 2.05) is 0 Å². The molecule has 0 radical (unpaired) electrons. The number of ether oxygens (including phenoxy) is 1. The third-order valence-corrected chi connectivity index (χ3v) is 5.92. The third kappa shape index (κ3) is 5.87. The molecule has 0 heterocycles. The number of amides is 1. The predicted molar refractivity (Wildman–Crippen MR) is 112 cm³/mol. The summed E-state index contributed by atoms with van der Waals surface area (Å²) >= 11 is 0. The van der Waals surface area contributed by atoms with Crippen molar-refractivity contribution in [2.75, 3.05) is 12.4 Å². The Morgan fingerprint density at radius 2 is 1.61 bits per heavy atom. The lowest BCUT2D eigenvalue weighted by atomic mass is 10.1. The van der Waals surface area contributed by atoms with E-state index < -0.39 is 38.5 Å². The van der Waals surface area contributed by atoms with E-state index in [4.69, 9.17) is 4.74 Å². The van der Waals surface area contributed by atoms with Crippen LogP contribution in [0.3, 0.4) is 0 Å². The van der Waals surface area contributed by atoms with Crippen LogP contribution in [0.15, 0.2) is 77.7 Å². The van der Waals surface area contributed by atoms with Crippen LogP contribution in [0, 0.1) is 11.6 Å². The Balaban J connectivity index is 1.91. The molecule has 0 aromatic heterocycles. The summed E-state index contributed by atoms with van der Waals surface area (Å²) < 4.78 is 60.2. The molecule has 0 bridgehead atoms. The molecule has 162 valence electrons. The monoisotopic (exact) mass is 446 g/mol. The summed E-state index contributed by atoms with van der Waals surface area (Å²) in [7, 11) is -3.07. The first-order chi connectivity index (χ1) is 14.8. The zero-order chi connectivity index (χ0) is 22.4. The molecule has 0 aliphatic carbocycles. The molecular weight excluding hydrogens is 426 g/mol. The lowest BCUT2D eigenvalue weighted by Crippen LogP contribution is -2.45. The Morgan fingerprint density at radius 1 is 0.968 bits per heavy atom. The summed E-state index contributed by atoms with van der Waals surface area (Å²) in [6.45, 7) is 0. The lowest BCUT2D eigenvalue weighted by molar-refractivity contribution is -0.117. The fourth-order valence-corrected chi connectivity index (χ4v) is 4.29. The van der Waals surface area contributed by atoms with Gasteiger partial charge in [0.2, 0.25) is 15.9 Å². The quantitative estimate of drug-likeness (QED) is 0.555. The molecule has 6 nitrogen and oxygen atoms in total. The Kier molecular flexibility index (Phi) is 6.98. The van der Waals surface area contributed by atoms with Gasteiger partial charge in [-0.15, -0.1) is 0 Å². The molecule has 0 aliphatic rings. The van der Waals surface area contributed by atoms with Crippen molar-refractivity contribution >= 4 is 21.6 Å². The molecule has 0 fully saturated rings. The second kappa shape index (κ2) is 9.67. The molecule has 0 aliphatic heterocycles. The molecular formula is C22H20F2N2O4S. The van der Waals surface area contributed by atoms with Gasteiger partial charge in [-0.1, -0.05) is 30.3 Å². The van der Waals surface area contributed by atoms with Crippen LogP contribution < -0.4 is 14.8 Å².